The number of benzene rings is 2. The SMILES string of the molecule is O=C(c1nc(-c2ccccc2)n(-c2cccc(Cl)c2)n1)N1CCCC1. The lowest BCUT2D eigenvalue weighted by atomic mass is 10.2. The van der Waals surface area contributed by atoms with Crippen LogP contribution in [0.25, 0.3) is 17.1 Å². The van der Waals surface area contributed by atoms with Crippen molar-refractivity contribution in [1.82, 2.24) is 19.7 Å². The Balaban J connectivity index is 1.82. The molecule has 1 fully saturated rings. The van der Waals surface area contributed by atoms with Gasteiger partial charge in [0, 0.05) is 23.7 Å². The molecule has 0 atom stereocenters. The van der Waals surface area contributed by atoms with Crippen LogP contribution in [0.3, 0.4) is 0 Å². The van der Waals surface area contributed by atoms with Crippen LogP contribution < -0.4 is 0 Å². The van der Waals surface area contributed by atoms with Gasteiger partial charge in [0.05, 0.1) is 5.69 Å². The smallest absolute Gasteiger partial charge is 0.293 e. The zero-order valence-electron chi connectivity index (χ0n) is 13.6. The van der Waals surface area contributed by atoms with E-state index in [0.29, 0.717) is 10.8 Å². The second-order valence-electron chi connectivity index (χ2n) is 6.02. The third-order valence-corrected chi connectivity index (χ3v) is 4.51. The van der Waals surface area contributed by atoms with Gasteiger partial charge in [0.2, 0.25) is 5.82 Å². The predicted molar refractivity (Wildman–Crippen MR) is 96.9 cm³/mol. The summed E-state index contributed by atoms with van der Waals surface area (Å²) in [5, 5.41) is 5.11. The van der Waals surface area contributed by atoms with E-state index in [0.717, 1.165) is 37.2 Å². The first-order valence-electron chi connectivity index (χ1n) is 8.30. The molecular formula is C19H17ClN4O. The van der Waals surface area contributed by atoms with Gasteiger partial charge >= 0.3 is 0 Å². The van der Waals surface area contributed by atoms with Gasteiger partial charge in [-0.05, 0) is 31.0 Å². The lowest BCUT2D eigenvalue weighted by Crippen LogP contribution is -2.28. The average molecular weight is 353 g/mol. The number of carbonyl (C=O) groups excluding carboxylic acids is 1. The summed E-state index contributed by atoms with van der Waals surface area (Å²) in [6.07, 6.45) is 2.07. The number of likely N-dealkylation sites (tertiary alicyclic amines) is 1. The molecule has 1 aromatic heterocycles. The zero-order valence-corrected chi connectivity index (χ0v) is 14.4. The van der Waals surface area contributed by atoms with E-state index in [1.165, 1.54) is 0 Å². The maximum atomic E-state index is 12.7. The molecule has 0 bridgehead atoms. The Bertz CT molecular complexity index is 901. The first kappa shape index (κ1) is 15.8. The molecule has 2 aromatic carbocycles. The molecule has 0 unspecified atom stereocenters. The molecule has 6 heteroatoms. The van der Waals surface area contributed by atoms with Crippen LogP contribution >= 0.6 is 11.6 Å². The molecule has 0 saturated carbocycles. The van der Waals surface area contributed by atoms with Crippen LogP contribution in [-0.4, -0.2) is 38.7 Å². The van der Waals surface area contributed by atoms with Gasteiger partial charge in [0.15, 0.2) is 5.82 Å². The first-order chi connectivity index (χ1) is 12.2. The number of nitrogens with zero attached hydrogens (tertiary/aromatic N) is 4. The standard InChI is InChI=1S/C19H17ClN4O/c20-15-9-6-10-16(13-15)24-18(14-7-2-1-3-8-14)21-17(22-24)19(25)23-11-4-5-12-23/h1-3,6-10,13H,4-5,11-12H2. The molecule has 0 aliphatic carbocycles. The minimum Gasteiger partial charge on any atom is -0.336 e. The summed E-state index contributed by atoms with van der Waals surface area (Å²) in [6, 6.07) is 17.1. The van der Waals surface area contributed by atoms with Crippen molar-refractivity contribution in [3.8, 4) is 17.1 Å². The van der Waals surface area contributed by atoms with Crippen LogP contribution in [0.5, 0.6) is 0 Å². The Morgan fingerprint density at radius 2 is 1.76 bits per heavy atom. The van der Waals surface area contributed by atoms with E-state index in [4.69, 9.17) is 11.6 Å². The lowest BCUT2D eigenvalue weighted by molar-refractivity contribution is 0.0781. The van der Waals surface area contributed by atoms with Crippen molar-refractivity contribution < 1.29 is 4.79 Å². The Labute approximate surface area is 150 Å². The highest BCUT2D eigenvalue weighted by molar-refractivity contribution is 6.30. The average Bonchev–Trinajstić information content (AvgIpc) is 3.32. The normalized spacial score (nSPS) is 14.0. The van der Waals surface area contributed by atoms with Crippen molar-refractivity contribution >= 4 is 17.5 Å². The molecular weight excluding hydrogens is 336 g/mol. The molecule has 1 aliphatic heterocycles. The third kappa shape index (κ3) is 3.15. The van der Waals surface area contributed by atoms with Crippen molar-refractivity contribution in [3.05, 3.63) is 65.4 Å². The highest BCUT2D eigenvalue weighted by Crippen LogP contribution is 2.23. The van der Waals surface area contributed by atoms with Crippen LogP contribution in [-0.2, 0) is 0 Å². The van der Waals surface area contributed by atoms with Crippen molar-refractivity contribution in [3.63, 3.8) is 0 Å². The van der Waals surface area contributed by atoms with Crippen LogP contribution in [0.2, 0.25) is 5.02 Å². The topological polar surface area (TPSA) is 51.0 Å². The Kier molecular flexibility index (Phi) is 4.24. The van der Waals surface area contributed by atoms with Gasteiger partial charge in [-0.1, -0.05) is 48.0 Å². The van der Waals surface area contributed by atoms with Gasteiger partial charge in [0.25, 0.3) is 5.91 Å². The molecule has 2 heterocycles. The molecule has 3 aromatic rings. The molecule has 25 heavy (non-hydrogen) atoms. The summed E-state index contributed by atoms with van der Waals surface area (Å²) in [7, 11) is 0. The second kappa shape index (κ2) is 6.69. The highest BCUT2D eigenvalue weighted by Gasteiger charge is 2.25. The van der Waals surface area contributed by atoms with Crippen molar-refractivity contribution in [1.29, 1.82) is 0 Å². The monoisotopic (exact) mass is 352 g/mol. The summed E-state index contributed by atoms with van der Waals surface area (Å²) in [6.45, 7) is 1.54. The number of hydrogen-bond donors (Lipinski definition) is 0. The minimum atomic E-state index is -0.115. The predicted octanol–water partition coefficient (Wildman–Crippen LogP) is 3.82. The van der Waals surface area contributed by atoms with Gasteiger partial charge in [-0.3, -0.25) is 4.79 Å². The van der Waals surface area contributed by atoms with Gasteiger partial charge in [-0.25, -0.2) is 9.67 Å². The molecule has 126 valence electrons. The number of amides is 1. The van der Waals surface area contributed by atoms with Crippen LogP contribution in [0.4, 0.5) is 0 Å². The Morgan fingerprint density at radius 1 is 1.00 bits per heavy atom. The van der Waals surface area contributed by atoms with Crippen LogP contribution in [0.15, 0.2) is 54.6 Å². The largest absolute Gasteiger partial charge is 0.336 e. The Hall–Kier alpha value is -2.66. The number of carbonyl (C=O) groups is 1. The molecule has 0 N–H and O–H groups in total. The van der Waals surface area contributed by atoms with E-state index in [1.807, 2.05) is 53.4 Å². The van der Waals surface area contributed by atoms with E-state index in [9.17, 15) is 4.79 Å². The van der Waals surface area contributed by atoms with E-state index in [-0.39, 0.29) is 11.7 Å². The molecule has 1 amide bonds. The third-order valence-electron chi connectivity index (χ3n) is 4.28. The van der Waals surface area contributed by atoms with Gasteiger partial charge in [-0.15, -0.1) is 5.10 Å². The Morgan fingerprint density at radius 3 is 2.48 bits per heavy atom. The van der Waals surface area contributed by atoms with Crippen molar-refractivity contribution in [2.45, 2.75) is 12.8 Å². The molecule has 1 aliphatic rings. The van der Waals surface area contributed by atoms with Crippen molar-refractivity contribution in [2.24, 2.45) is 0 Å². The maximum Gasteiger partial charge on any atom is 0.293 e. The van der Waals surface area contributed by atoms with Gasteiger partial charge in [-0.2, -0.15) is 0 Å². The van der Waals surface area contributed by atoms with E-state index >= 15 is 0 Å². The van der Waals surface area contributed by atoms with Crippen LogP contribution in [0.1, 0.15) is 23.5 Å². The number of rotatable bonds is 3. The molecule has 0 radical (unpaired) electrons. The summed E-state index contributed by atoms with van der Waals surface area (Å²) < 4.78 is 1.69. The molecule has 1 saturated heterocycles. The zero-order chi connectivity index (χ0) is 17.2. The van der Waals surface area contributed by atoms with Crippen LogP contribution in [0, 0.1) is 0 Å². The van der Waals surface area contributed by atoms with Gasteiger partial charge < -0.3 is 4.90 Å². The quantitative estimate of drug-likeness (QED) is 0.720. The summed E-state index contributed by atoms with van der Waals surface area (Å²) in [4.78, 5) is 19.1. The van der Waals surface area contributed by atoms with Gasteiger partial charge in [0.1, 0.15) is 0 Å². The lowest BCUT2D eigenvalue weighted by Gasteiger charge is -2.11. The first-order valence-corrected chi connectivity index (χ1v) is 8.68. The second-order valence-corrected chi connectivity index (χ2v) is 6.45. The maximum absolute atomic E-state index is 12.7. The molecule has 4 rings (SSSR count). The fourth-order valence-electron chi connectivity index (χ4n) is 3.03. The molecule has 0 spiro atoms. The molecule has 5 nitrogen and oxygen atoms in total. The summed E-state index contributed by atoms with van der Waals surface area (Å²) >= 11 is 6.13. The van der Waals surface area contributed by atoms with E-state index in [2.05, 4.69) is 10.1 Å². The fourth-order valence-corrected chi connectivity index (χ4v) is 3.21. The van der Waals surface area contributed by atoms with E-state index < -0.39 is 0 Å². The van der Waals surface area contributed by atoms with E-state index in [1.54, 1.807) is 10.7 Å². The fraction of sp³-hybridized carbons (Fsp3) is 0.211. The number of halogens is 1. The minimum absolute atomic E-state index is 0.115. The van der Waals surface area contributed by atoms with Crippen molar-refractivity contribution in [2.75, 3.05) is 13.1 Å². The highest BCUT2D eigenvalue weighted by atomic mass is 35.5. The number of hydrogen-bond acceptors (Lipinski definition) is 3. The number of aromatic nitrogens is 3. The summed E-state index contributed by atoms with van der Waals surface area (Å²) in [5.74, 6) is 0.738. The summed E-state index contributed by atoms with van der Waals surface area (Å²) in [5.41, 5.74) is 1.68.